The molecule has 2 atom stereocenters. The quantitative estimate of drug-likeness (QED) is 0.921. The van der Waals surface area contributed by atoms with Crippen molar-refractivity contribution < 1.29 is 19.4 Å². The van der Waals surface area contributed by atoms with Crippen LogP contribution in [-0.4, -0.2) is 41.1 Å². The molecular weight excluding hydrogens is 270 g/mol. The van der Waals surface area contributed by atoms with E-state index in [0.717, 1.165) is 18.4 Å². The Bertz CT molecular complexity index is 557. The second-order valence-corrected chi connectivity index (χ2v) is 5.60. The second kappa shape index (κ2) is 5.85. The maximum Gasteiger partial charge on any atom is 0.326 e. The van der Waals surface area contributed by atoms with Gasteiger partial charge in [-0.3, -0.25) is 4.79 Å². The van der Waals surface area contributed by atoms with Crippen LogP contribution < -0.4 is 0 Å². The lowest BCUT2D eigenvalue weighted by atomic mass is 9.95. The van der Waals surface area contributed by atoms with Gasteiger partial charge in [0.05, 0.1) is 19.1 Å². The molecule has 0 aromatic heterocycles. The van der Waals surface area contributed by atoms with Gasteiger partial charge in [-0.25, -0.2) is 4.79 Å². The minimum atomic E-state index is -0.911. The molecule has 0 aliphatic carbocycles. The third-order valence-electron chi connectivity index (χ3n) is 4.31. The first-order valence-corrected chi connectivity index (χ1v) is 7.38. The van der Waals surface area contributed by atoms with Gasteiger partial charge in [0.1, 0.15) is 6.04 Å². The highest BCUT2D eigenvalue weighted by atomic mass is 16.5. The molecule has 1 aromatic carbocycles. The van der Waals surface area contributed by atoms with Crippen LogP contribution in [0.2, 0.25) is 0 Å². The van der Waals surface area contributed by atoms with E-state index in [0.29, 0.717) is 19.6 Å². The van der Waals surface area contributed by atoms with Gasteiger partial charge in [-0.05, 0) is 30.4 Å². The number of benzene rings is 1. The van der Waals surface area contributed by atoms with E-state index in [1.165, 1.54) is 10.5 Å². The highest BCUT2D eigenvalue weighted by Crippen LogP contribution is 2.31. The van der Waals surface area contributed by atoms with Crippen molar-refractivity contribution in [1.29, 1.82) is 0 Å². The van der Waals surface area contributed by atoms with Gasteiger partial charge in [0.15, 0.2) is 0 Å². The van der Waals surface area contributed by atoms with E-state index >= 15 is 0 Å². The molecule has 1 N–H and O–H groups in total. The van der Waals surface area contributed by atoms with Gasteiger partial charge >= 0.3 is 5.97 Å². The van der Waals surface area contributed by atoms with Gasteiger partial charge in [0.2, 0.25) is 5.91 Å². The second-order valence-electron chi connectivity index (χ2n) is 5.60. The van der Waals surface area contributed by atoms with Gasteiger partial charge in [-0.1, -0.05) is 24.3 Å². The van der Waals surface area contributed by atoms with Crippen molar-refractivity contribution in [3.63, 3.8) is 0 Å². The van der Waals surface area contributed by atoms with Gasteiger partial charge < -0.3 is 14.7 Å². The van der Waals surface area contributed by atoms with Crippen molar-refractivity contribution in [2.75, 3.05) is 13.2 Å². The van der Waals surface area contributed by atoms with Crippen molar-refractivity contribution >= 4 is 11.9 Å². The van der Waals surface area contributed by atoms with E-state index in [9.17, 15) is 14.7 Å². The number of amides is 1. The number of likely N-dealkylation sites (tertiary alicyclic amines) is 1. The fourth-order valence-corrected chi connectivity index (χ4v) is 3.24. The summed E-state index contributed by atoms with van der Waals surface area (Å²) in [5, 5.41) is 9.17. The summed E-state index contributed by atoms with van der Waals surface area (Å²) in [5.74, 6) is -1.03. The molecule has 0 saturated carbocycles. The smallest absolute Gasteiger partial charge is 0.326 e. The Hall–Kier alpha value is -1.88. The molecule has 0 spiro atoms. The largest absolute Gasteiger partial charge is 0.480 e. The standard InChI is InChI=1S/C16H19NO4/c18-15(17-8-3-6-13(17)16(19)20)10-14-12-5-2-1-4-11(12)7-9-21-14/h1-2,4-5,13-14H,3,6-10H2,(H,19,20). The summed E-state index contributed by atoms with van der Waals surface area (Å²) in [4.78, 5) is 25.1. The Labute approximate surface area is 123 Å². The SMILES string of the molecule is O=C(O)C1CCCN1C(=O)CC1OCCc2ccccc21. The van der Waals surface area contributed by atoms with E-state index < -0.39 is 12.0 Å². The zero-order valence-electron chi connectivity index (χ0n) is 11.8. The Morgan fingerprint density at radius 2 is 2.14 bits per heavy atom. The molecule has 1 amide bonds. The molecule has 2 aliphatic rings. The van der Waals surface area contributed by atoms with Crippen LogP contribution in [0.3, 0.4) is 0 Å². The number of carboxylic acid groups (broad SMARTS) is 1. The summed E-state index contributed by atoms with van der Waals surface area (Å²) in [7, 11) is 0. The average Bonchev–Trinajstić information content (AvgIpc) is 2.97. The van der Waals surface area contributed by atoms with E-state index in [4.69, 9.17) is 4.74 Å². The Morgan fingerprint density at radius 1 is 1.33 bits per heavy atom. The molecule has 2 heterocycles. The highest BCUT2D eigenvalue weighted by molar-refractivity contribution is 5.84. The molecule has 0 bridgehead atoms. The maximum atomic E-state index is 12.4. The Balaban J connectivity index is 1.73. The molecule has 112 valence electrons. The molecule has 1 aromatic rings. The summed E-state index contributed by atoms with van der Waals surface area (Å²) in [6.07, 6.45) is 2.13. The third kappa shape index (κ3) is 2.78. The van der Waals surface area contributed by atoms with Crippen LogP contribution in [0.5, 0.6) is 0 Å². The maximum absolute atomic E-state index is 12.4. The van der Waals surface area contributed by atoms with E-state index in [2.05, 4.69) is 6.07 Å². The lowest BCUT2D eigenvalue weighted by Crippen LogP contribution is -2.41. The molecule has 0 radical (unpaired) electrons. The first-order chi connectivity index (χ1) is 10.2. The summed E-state index contributed by atoms with van der Waals surface area (Å²) in [6.45, 7) is 1.14. The van der Waals surface area contributed by atoms with Crippen molar-refractivity contribution in [3.8, 4) is 0 Å². The van der Waals surface area contributed by atoms with Crippen molar-refractivity contribution in [2.24, 2.45) is 0 Å². The summed E-state index contributed by atoms with van der Waals surface area (Å²) >= 11 is 0. The first kappa shape index (κ1) is 14.1. The first-order valence-electron chi connectivity index (χ1n) is 7.38. The monoisotopic (exact) mass is 289 g/mol. The van der Waals surface area contributed by atoms with Crippen LogP contribution in [0.1, 0.15) is 36.5 Å². The fourth-order valence-electron chi connectivity index (χ4n) is 3.24. The Morgan fingerprint density at radius 3 is 2.95 bits per heavy atom. The van der Waals surface area contributed by atoms with E-state index in [-0.39, 0.29) is 18.4 Å². The van der Waals surface area contributed by atoms with E-state index in [1.807, 2.05) is 18.2 Å². The van der Waals surface area contributed by atoms with Gasteiger partial charge in [-0.15, -0.1) is 0 Å². The summed E-state index contributed by atoms with van der Waals surface area (Å²) < 4.78 is 5.74. The molecule has 3 rings (SSSR count). The number of aliphatic carboxylic acids is 1. The highest BCUT2D eigenvalue weighted by Gasteiger charge is 2.35. The number of hydrogen-bond donors (Lipinski definition) is 1. The van der Waals surface area contributed by atoms with Crippen LogP contribution in [0.15, 0.2) is 24.3 Å². The zero-order valence-corrected chi connectivity index (χ0v) is 11.8. The number of fused-ring (bicyclic) bond motifs is 1. The number of carbonyl (C=O) groups excluding carboxylic acids is 1. The number of nitrogens with zero attached hydrogens (tertiary/aromatic N) is 1. The molecule has 21 heavy (non-hydrogen) atoms. The van der Waals surface area contributed by atoms with Crippen LogP contribution >= 0.6 is 0 Å². The van der Waals surface area contributed by atoms with E-state index in [1.54, 1.807) is 0 Å². The van der Waals surface area contributed by atoms with Crippen molar-refractivity contribution in [1.82, 2.24) is 4.90 Å². The molecule has 2 unspecified atom stereocenters. The molecule has 1 fully saturated rings. The number of ether oxygens (including phenoxy) is 1. The summed E-state index contributed by atoms with van der Waals surface area (Å²) in [5.41, 5.74) is 2.28. The van der Waals surface area contributed by atoms with Crippen LogP contribution in [0.25, 0.3) is 0 Å². The van der Waals surface area contributed by atoms with Crippen molar-refractivity contribution in [3.05, 3.63) is 35.4 Å². The number of rotatable bonds is 3. The van der Waals surface area contributed by atoms with Gasteiger partial charge in [0.25, 0.3) is 0 Å². The normalized spacial score (nSPS) is 24.7. The lowest BCUT2D eigenvalue weighted by Gasteiger charge is -2.28. The number of hydrogen-bond acceptors (Lipinski definition) is 3. The predicted molar refractivity (Wildman–Crippen MR) is 75.8 cm³/mol. The molecule has 5 nitrogen and oxygen atoms in total. The lowest BCUT2D eigenvalue weighted by molar-refractivity contribution is -0.149. The number of carbonyl (C=O) groups is 2. The van der Waals surface area contributed by atoms with Gasteiger partial charge in [0, 0.05) is 6.54 Å². The van der Waals surface area contributed by atoms with Crippen LogP contribution in [0.4, 0.5) is 0 Å². The fraction of sp³-hybridized carbons (Fsp3) is 0.500. The molecule has 5 heteroatoms. The Kier molecular flexibility index (Phi) is 3.92. The minimum absolute atomic E-state index is 0.124. The summed E-state index contributed by atoms with van der Waals surface area (Å²) in [6, 6.07) is 7.32. The molecule has 2 aliphatic heterocycles. The average molecular weight is 289 g/mol. The van der Waals surface area contributed by atoms with Gasteiger partial charge in [-0.2, -0.15) is 0 Å². The predicted octanol–water partition coefficient (Wildman–Crippen LogP) is 1.77. The van der Waals surface area contributed by atoms with Crippen LogP contribution in [-0.2, 0) is 20.7 Å². The third-order valence-corrected chi connectivity index (χ3v) is 4.31. The molecular formula is C16H19NO4. The van der Waals surface area contributed by atoms with Crippen LogP contribution in [0, 0.1) is 0 Å². The van der Waals surface area contributed by atoms with Crippen molar-refractivity contribution in [2.45, 2.75) is 37.8 Å². The topological polar surface area (TPSA) is 66.8 Å². The molecule has 1 saturated heterocycles. The number of carboxylic acids is 1. The minimum Gasteiger partial charge on any atom is -0.480 e. The zero-order chi connectivity index (χ0) is 14.8.